The van der Waals surface area contributed by atoms with E-state index in [1.54, 1.807) is 7.05 Å². The normalized spacial score (nSPS) is 9.30. The second-order valence-electron chi connectivity index (χ2n) is 4.43. The summed E-state index contributed by atoms with van der Waals surface area (Å²) in [7, 11) is 2.89. The lowest BCUT2D eigenvalue weighted by Crippen LogP contribution is -2.22. The number of carboxylic acid groups (broad SMARTS) is 1. The van der Waals surface area contributed by atoms with E-state index in [9.17, 15) is 9.59 Å². The first-order valence-electron chi connectivity index (χ1n) is 6.22. The molecular weight excluding hydrogens is 260 g/mol. The lowest BCUT2D eigenvalue weighted by atomic mass is 10.0. The third-order valence-corrected chi connectivity index (χ3v) is 2.37. The molecule has 0 spiro atoms. The van der Waals surface area contributed by atoms with Gasteiger partial charge in [0, 0.05) is 14.1 Å². The molecule has 0 atom stereocenters. The van der Waals surface area contributed by atoms with Crippen LogP contribution >= 0.6 is 0 Å². The summed E-state index contributed by atoms with van der Waals surface area (Å²) in [5.41, 5.74) is 2.27. The van der Waals surface area contributed by atoms with Crippen LogP contribution in [-0.4, -0.2) is 31.4 Å². The summed E-state index contributed by atoms with van der Waals surface area (Å²) in [6, 6.07) is 5.84. The van der Waals surface area contributed by atoms with Gasteiger partial charge in [-0.25, -0.2) is 9.59 Å². The maximum Gasteiger partial charge on any atom is 0.412 e. The van der Waals surface area contributed by atoms with Crippen molar-refractivity contribution in [2.24, 2.45) is 0 Å². The Labute approximate surface area is 119 Å². The Morgan fingerprint density at radius 2 is 1.70 bits per heavy atom. The quantitative estimate of drug-likeness (QED) is 0.778. The van der Waals surface area contributed by atoms with Crippen molar-refractivity contribution >= 4 is 12.2 Å². The van der Waals surface area contributed by atoms with Gasteiger partial charge in [-0.1, -0.05) is 19.9 Å². The van der Waals surface area contributed by atoms with Crippen LogP contribution in [0.3, 0.4) is 0 Å². The Balaban J connectivity index is 0.000000621. The fourth-order valence-corrected chi connectivity index (χ4v) is 1.33. The van der Waals surface area contributed by atoms with E-state index in [-0.39, 0.29) is 0 Å². The number of amides is 2. The standard InChI is InChI=1S/C12H17NO2.C2H5NO2/c1-8(2)10-5-9(3)6-11(7-10)15-12(14)13-4;1-3-2(4)5/h5-8H,1-4H3,(H,13,14);3H,1H3,(H,4,5). The first kappa shape index (κ1) is 17.8. The fourth-order valence-electron chi connectivity index (χ4n) is 1.33. The van der Waals surface area contributed by atoms with E-state index in [1.807, 2.05) is 24.4 Å². The number of hydrogen-bond donors (Lipinski definition) is 3. The van der Waals surface area contributed by atoms with Crippen molar-refractivity contribution in [1.29, 1.82) is 0 Å². The highest BCUT2D eigenvalue weighted by Gasteiger charge is 2.06. The van der Waals surface area contributed by atoms with Crippen molar-refractivity contribution in [1.82, 2.24) is 10.6 Å². The van der Waals surface area contributed by atoms with Crippen LogP contribution in [0, 0.1) is 6.92 Å². The minimum Gasteiger partial charge on any atom is -0.465 e. The van der Waals surface area contributed by atoms with Crippen LogP contribution in [0.15, 0.2) is 18.2 Å². The van der Waals surface area contributed by atoms with Crippen LogP contribution in [0.2, 0.25) is 0 Å². The highest BCUT2D eigenvalue weighted by molar-refractivity contribution is 5.70. The van der Waals surface area contributed by atoms with Crippen LogP contribution in [0.25, 0.3) is 0 Å². The van der Waals surface area contributed by atoms with E-state index in [0.29, 0.717) is 11.7 Å². The Morgan fingerprint density at radius 1 is 1.15 bits per heavy atom. The molecule has 0 aromatic heterocycles. The van der Waals surface area contributed by atoms with E-state index < -0.39 is 12.2 Å². The molecule has 0 aliphatic heterocycles. The van der Waals surface area contributed by atoms with Crippen molar-refractivity contribution in [2.75, 3.05) is 14.1 Å². The summed E-state index contributed by atoms with van der Waals surface area (Å²) < 4.78 is 5.09. The predicted molar refractivity (Wildman–Crippen MR) is 77.4 cm³/mol. The molecule has 2 amide bonds. The van der Waals surface area contributed by atoms with Crippen molar-refractivity contribution in [3.05, 3.63) is 29.3 Å². The first-order valence-corrected chi connectivity index (χ1v) is 6.22. The Kier molecular flexibility index (Phi) is 7.81. The molecule has 1 rings (SSSR count). The van der Waals surface area contributed by atoms with Crippen LogP contribution in [0.5, 0.6) is 5.75 Å². The molecule has 0 aliphatic carbocycles. The molecule has 0 radical (unpaired) electrons. The van der Waals surface area contributed by atoms with Gasteiger partial charge in [0.2, 0.25) is 0 Å². The number of nitrogens with one attached hydrogen (secondary N) is 2. The number of rotatable bonds is 2. The third kappa shape index (κ3) is 7.25. The Bertz CT molecular complexity index is 458. The number of benzene rings is 1. The molecule has 0 aliphatic rings. The van der Waals surface area contributed by atoms with E-state index in [0.717, 1.165) is 5.56 Å². The average molecular weight is 282 g/mol. The zero-order valence-corrected chi connectivity index (χ0v) is 12.5. The van der Waals surface area contributed by atoms with Gasteiger partial charge in [-0.2, -0.15) is 0 Å². The molecule has 0 saturated heterocycles. The minimum atomic E-state index is -0.995. The van der Waals surface area contributed by atoms with Gasteiger partial charge in [-0.15, -0.1) is 0 Å². The SMILES string of the molecule is CNC(=O)O.CNC(=O)Oc1cc(C)cc(C(C)C)c1. The van der Waals surface area contributed by atoms with Crippen LogP contribution in [0.4, 0.5) is 9.59 Å². The van der Waals surface area contributed by atoms with Gasteiger partial charge in [0.25, 0.3) is 0 Å². The molecule has 1 aromatic carbocycles. The summed E-state index contributed by atoms with van der Waals surface area (Å²) in [4.78, 5) is 20.3. The molecule has 112 valence electrons. The smallest absolute Gasteiger partial charge is 0.412 e. The highest BCUT2D eigenvalue weighted by Crippen LogP contribution is 2.22. The van der Waals surface area contributed by atoms with Gasteiger partial charge in [-0.3, -0.25) is 0 Å². The zero-order chi connectivity index (χ0) is 15.7. The van der Waals surface area contributed by atoms with E-state index in [2.05, 4.69) is 25.2 Å². The van der Waals surface area contributed by atoms with Crippen molar-refractivity contribution < 1.29 is 19.4 Å². The number of aryl methyl sites for hydroxylation is 1. The molecule has 6 nitrogen and oxygen atoms in total. The number of hydrogen-bond acceptors (Lipinski definition) is 3. The van der Waals surface area contributed by atoms with Crippen molar-refractivity contribution in [2.45, 2.75) is 26.7 Å². The van der Waals surface area contributed by atoms with Gasteiger partial charge >= 0.3 is 12.2 Å². The van der Waals surface area contributed by atoms with Gasteiger partial charge in [0.15, 0.2) is 0 Å². The molecule has 0 unspecified atom stereocenters. The number of ether oxygens (including phenoxy) is 1. The molecule has 0 saturated carbocycles. The molecule has 6 heteroatoms. The van der Waals surface area contributed by atoms with E-state index >= 15 is 0 Å². The number of carbonyl (C=O) groups excluding carboxylic acids is 1. The average Bonchev–Trinajstić information content (AvgIpc) is 2.38. The maximum absolute atomic E-state index is 11.0. The van der Waals surface area contributed by atoms with Gasteiger partial charge < -0.3 is 20.5 Å². The molecule has 0 fully saturated rings. The second-order valence-corrected chi connectivity index (χ2v) is 4.43. The zero-order valence-electron chi connectivity index (χ0n) is 12.5. The topological polar surface area (TPSA) is 87.7 Å². The minimum absolute atomic E-state index is 0.428. The maximum atomic E-state index is 11.0. The van der Waals surface area contributed by atoms with Crippen LogP contribution < -0.4 is 15.4 Å². The fraction of sp³-hybridized carbons (Fsp3) is 0.429. The third-order valence-electron chi connectivity index (χ3n) is 2.37. The largest absolute Gasteiger partial charge is 0.465 e. The summed E-state index contributed by atoms with van der Waals surface area (Å²) >= 11 is 0. The van der Waals surface area contributed by atoms with Crippen LogP contribution in [-0.2, 0) is 0 Å². The van der Waals surface area contributed by atoms with Gasteiger partial charge in [0.1, 0.15) is 5.75 Å². The van der Waals surface area contributed by atoms with Crippen molar-refractivity contribution in [3.8, 4) is 5.75 Å². The lowest BCUT2D eigenvalue weighted by molar-refractivity contribution is 0.197. The van der Waals surface area contributed by atoms with Crippen molar-refractivity contribution in [3.63, 3.8) is 0 Å². The molecule has 1 aromatic rings. The molecule has 0 bridgehead atoms. The molecule has 20 heavy (non-hydrogen) atoms. The Morgan fingerprint density at radius 3 is 2.10 bits per heavy atom. The number of carbonyl (C=O) groups is 2. The summed E-state index contributed by atoms with van der Waals surface area (Å²) in [6.07, 6.45) is -1.43. The highest BCUT2D eigenvalue weighted by atomic mass is 16.5. The van der Waals surface area contributed by atoms with Gasteiger partial charge in [0.05, 0.1) is 0 Å². The van der Waals surface area contributed by atoms with E-state index in [1.165, 1.54) is 12.6 Å². The predicted octanol–water partition coefficient (Wildman–Crippen LogP) is 2.72. The summed E-state index contributed by atoms with van der Waals surface area (Å²) in [6.45, 7) is 6.21. The second kappa shape index (κ2) is 8.79. The molecule has 0 heterocycles. The summed E-state index contributed by atoms with van der Waals surface area (Å²) in [5, 5.41) is 12.0. The molecule has 3 N–H and O–H groups in total. The first-order chi connectivity index (χ1) is 9.29. The molecular formula is C14H22N2O4. The van der Waals surface area contributed by atoms with E-state index in [4.69, 9.17) is 9.84 Å². The monoisotopic (exact) mass is 282 g/mol. The van der Waals surface area contributed by atoms with Gasteiger partial charge in [-0.05, 0) is 36.1 Å². The Hall–Kier alpha value is -2.24. The lowest BCUT2D eigenvalue weighted by Gasteiger charge is -2.10. The van der Waals surface area contributed by atoms with Crippen LogP contribution in [0.1, 0.15) is 30.9 Å². The summed E-state index contributed by atoms with van der Waals surface area (Å²) in [5.74, 6) is 1.02.